The van der Waals surface area contributed by atoms with Gasteiger partial charge in [-0.05, 0) is 24.6 Å². The highest BCUT2D eigenvalue weighted by Gasteiger charge is 2.30. The fourth-order valence-electron chi connectivity index (χ4n) is 2.92. The second kappa shape index (κ2) is 5.63. The van der Waals surface area contributed by atoms with Crippen LogP contribution in [0.2, 0.25) is 0 Å². The normalized spacial score (nSPS) is 19.5. The van der Waals surface area contributed by atoms with Crippen LogP contribution in [0.5, 0.6) is 0 Å². The summed E-state index contributed by atoms with van der Waals surface area (Å²) in [5.74, 6) is -0.745. The van der Waals surface area contributed by atoms with E-state index in [-0.39, 0.29) is 30.1 Å². The van der Waals surface area contributed by atoms with Crippen molar-refractivity contribution in [2.45, 2.75) is 12.8 Å². The molecule has 1 atom stereocenters. The van der Waals surface area contributed by atoms with Gasteiger partial charge in [-0.2, -0.15) is 0 Å². The molecule has 1 saturated heterocycles. The molecule has 1 fully saturated rings. The van der Waals surface area contributed by atoms with Gasteiger partial charge < -0.3 is 15.5 Å². The van der Waals surface area contributed by atoms with Crippen molar-refractivity contribution in [1.82, 2.24) is 5.32 Å². The van der Waals surface area contributed by atoms with Crippen LogP contribution < -0.4 is 15.5 Å². The molecule has 2 heterocycles. The lowest BCUT2D eigenvalue weighted by Crippen LogP contribution is -2.26. The third-order valence-corrected chi connectivity index (χ3v) is 4.07. The van der Waals surface area contributed by atoms with Crippen LogP contribution in [0, 0.1) is 5.92 Å². The maximum absolute atomic E-state index is 12.2. The summed E-state index contributed by atoms with van der Waals surface area (Å²) in [4.78, 5) is 36.9. The van der Waals surface area contributed by atoms with E-state index >= 15 is 0 Å². The lowest BCUT2D eigenvalue weighted by Gasteiger charge is -2.16. The zero-order chi connectivity index (χ0) is 15.7. The fourth-order valence-corrected chi connectivity index (χ4v) is 2.92. The van der Waals surface area contributed by atoms with Gasteiger partial charge in [-0.15, -0.1) is 0 Å². The Balaban J connectivity index is 1.80. The topological polar surface area (TPSA) is 78.5 Å². The Morgan fingerprint density at radius 2 is 2.23 bits per heavy atom. The molecule has 3 amide bonds. The van der Waals surface area contributed by atoms with Crippen molar-refractivity contribution in [1.29, 1.82) is 0 Å². The predicted molar refractivity (Wildman–Crippen MR) is 82.4 cm³/mol. The first-order valence-electron chi connectivity index (χ1n) is 7.23. The van der Waals surface area contributed by atoms with Crippen LogP contribution in [0.4, 0.5) is 11.4 Å². The lowest BCUT2D eigenvalue weighted by atomic mass is 10.1. The number of nitrogens with one attached hydrogen (secondary N) is 2. The molecular formula is C16H17N3O3. The highest BCUT2D eigenvalue weighted by atomic mass is 16.2. The molecule has 0 unspecified atom stereocenters. The van der Waals surface area contributed by atoms with Gasteiger partial charge in [0.15, 0.2) is 0 Å². The third kappa shape index (κ3) is 2.47. The van der Waals surface area contributed by atoms with Gasteiger partial charge in [0.1, 0.15) is 0 Å². The molecule has 0 bridgehead atoms. The van der Waals surface area contributed by atoms with Crippen molar-refractivity contribution < 1.29 is 14.4 Å². The second-order valence-electron chi connectivity index (χ2n) is 5.44. The zero-order valence-electron chi connectivity index (χ0n) is 12.1. The number of amides is 3. The Hall–Kier alpha value is -2.63. The van der Waals surface area contributed by atoms with Gasteiger partial charge in [0.05, 0.1) is 5.92 Å². The lowest BCUT2D eigenvalue weighted by molar-refractivity contribution is -0.123. The number of rotatable bonds is 3. The predicted octanol–water partition coefficient (Wildman–Crippen LogP) is 0.836. The number of carbonyl (C=O) groups is 3. The van der Waals surface area contributed by atoms with Crippen molar-refractivity contribution in [3.8, 4) is 0 Å². The molecular weight excluding hydrogens is 282 g/mol. The van der Waals surface area contributed by atoms with Gasteiger partial charge in [-0.1, -0.05) is 12.6 Å². The minimum atomic E-state index is -0.337. The van der Waals surface area contributed by atoms with Gasteiger partial charge >= 0.3 is 0 Å². The minimum Gasteiger partial charge on any atom is -0.355 e. The van der Waals surface area contributed by atoms with Crippen LogP contribution >= 0.6 is 0 Å². The van der Waals surface area contributed by atoms with E-state index in [1.165, 1.54) is 6.08 Å². The minimum absolute atomic E-state index is 0.0961. The van der Waals surface area contributed by atoms with Crippen LogP contribution in [-0.2, 0) is 20.8 Å². The van der Waals surface area contributed by atoms with Gasteiger partial charge in [-0.3, -0.25) is 14.4 Å². The highest BCUT2D eigenvalue weighted by molar-refractivity contribution is 6.04. The van der Waals surface area contributed by atoms with Gasteiger partial charge in [0.25, 0.3) is 0 Å². The van der Waals surface area contributed by atoms with Crippen molar-refractivity contribution in [2.75, 3.05) is 23.3 Å². The van der Waals surface area contributed by atoms with Crippen LogP contribution in [0.25, 0.3) is 0 Å². The van der Waals surface area contributed by atoms with E-state index in [0.29, 0.717) is 25.2 Å². The first-order chi connectivity index (χ1) is 10.6. The smallest absolute Gasteiger partial charge is 0.250 e. The number of nitrogens with zero attached hydrogens (tertiary/aromatic N) is 1. The van der Waals surface area contributed by atoms with E-state index in [2.05, 4.69) is 17.2 Å². The molecule has 0 aromatic heterocycles. The third-order valence-electron chi connectivity index (χ3n) is 4.07. The summed E-state index contributed by atoms with van der Waals surface area (Å²) in [5, 5.41) is 5.54. The molecule has 6 heteroatoms. The number of anilines is 2. The van der Waals surface area contributed by atoms with Crippen molar-refractivity contribution in [3.63, 3.8) is 0 Å². The van der Waals surface area contributed by atoms with Crippen molar-refractivity contribution in [2.24, 2.45) is 5.92 Å². The Labute approximate surface area is 128 Å². The molecule has 0 saturated carbocycles. The van der Waals surface area contributed by atoms with Crippen molar-refractivity contribution >= 4 is 29.1 Å². The summed E-state index contributed by atoms with van der Waals surface area (Å²) >= 11 is 0. The van der Waals surface area contributed by atoms with Crippen LogP contribution in [0.1, 0.15) is 12.0 Å². The molecule has 1 aromatic rings. The number of fused-ring (bicyclic) bond motifs is 1. The Kier molecular flexibility index (Phi) is 3.66. The quantitative estimate of drug-likeness (QED) is 0.812. The first kappa shape index (κ1) is 14.3. The van der Waals surface area contributed by atoms with Gasteiger partial charge in [-0.25, -0.2) is 0 Å². The maximum atomic E-state index is 12.2. The van der Waals surface area contributed by atoms with Gasteiger partial charge in [0, 0.05) is 36.4 Å². The average molecular weight is 299 g/mol. The van der Waals surface area contributed by atoms with E-state index < -0.39 is 0 Å². The summed E-state index contributed by atoms with van der Waals surface area (Å²) in [6, 6.07) is 5.49. The van der Waals surface area contributed by atoms with E-state index in [0.717, 1.165) is 11.3 Å². The monoisotopic (exact) mass is 299 g/mol. The summed E-state index contributed by atoms with van der Waals surface area (Å²) < 4.78 is 0. The largest absolute Gasteiger partial charge is 0.355 e. The number of hydrogen-bond donors (Lipinski definition) is 2. The van der Waals surface area contributed by atoms with Crippen LogP contribution in [0.3, 0.4) is 0 Å². The Bertz CT molecular complexity index is 669. The SMILES string of the molecule is C=CC(=O)N1CCc2c(NC(=O)[C@@H]3CNC(=O)C3)cccc21. The zero-order valence-corrected chi connectivity index (χ0v) is 12.1. The summed E-state index contributed by atoms with van der Waals surface area (Å²) in [6.45, 7) is 4.46. The average Bonchev–Trinajstić information content (AvgIpc) is 3.13. The van der Waals surface area contributed by atoms with E-state index in [9.17, 15) is 14.4 Å². The molecule has 0 radical (unpaired) electrons. The highest BCUT2D eigenvalue weighted by Crippen LogP contribution is 2.34. The Morgan fingerprint density at radius 1 is 1.41 bits per heavy atom. The molecule has 6 nitrogen and oxygen atoms in total. The second-order valence-corrected chi connectivity index (χ2v) is 5.44. The molecule has 114 valence electrons. The summed E-state index contributed by atoms with van der Waals surface area (Å²) in [5.41, 5.74) is 2.47. The molecule has 3 rings (SSSR count). The molecule has 2 aliphatic heterocycles. The number of hydrogen-bond acceptors (Lipinski definition) is 3. The summed E-state index contributed by atoms with van der Waals surface area (Å²) in [7, 11) is 0. The standard InChI is InChI=1S/C16H17N3O3/c1-2-15(21)19-7-6-11-12(4-3-5-13(11)19)18-16(22)10-8-14(20)17-9-10/h2-5,10H,1,6-9H2,(H,17,20)(H,18,22)/t10-/m0/s1. The summed E-state index contributed by atoms with van der Waals surface area (Å²) in [6.07, 6.45) is 2.20. The molecule has 22 heavy (non-hydrogen) atoms. The molecule has 0 aliphatic carbocycles. The van der Waals surface area contributed by atoms with Crippen LogP contribution in [-0.4, -0.2) is 30.8 Å². The molecule has 2 N–H and O–H groups in total. The first-order valence-corrected chi connectivity index (χ1v) is 7.23. The number of carbonyl (C=O) groups excluding carboxylic acids is 3. The van der Waals surface area contributed by atoms with Crippen LogP contribution in [0.15, 0.2) is 30.9 Å². The van der Waals surface area contributed by atoms with E-state index in [4.69, 9.17) is 0 Å². The fraction of sp³-hybridized carbons (Fsp3) is 0.312. The maximum Gasteiger partial charge on any atom is 0.250 e. The van der Waals surface area contributed by atoms with E-state index in [1.807, 2.05) is 12.1 Å². The van der Waals surface area contributed by atoms with E-state index in [1.54, 1.807) is 11.0 Å². The molecule has 2 aliphatic rings. The van der Waals surface area contributed by atoms with Gasteiger partial charge in [0.2, 0.25) is 17.7 Å². The molecule has 0 spiro atoms. The molecule has 1 aromatic carbocycles. The number of benzene rings is 1. The Morgan fingerprint density at radius 3 is 2.91 bits per heavy atom. The van der Waals surface area contributed by atoms with Crippen molar-refractivity contribution in [3.05, 3.63) is 36.4 Å².